The van der Waals surface area contributed by atoms with Crippen LogP contribution >= 0.6 is 11.6 Å². The molecule has 1 N–H and O–H groups in total. The van der Waals surface area contributed by atoms with E-state index in [1.54, 1.807) is 0 Å². The van der Waals surface area contributed by atoms with Gasteiger partial charge in [0.2, 0.25) is 5.91 Å². The molecule has 0 aliphatic heterocycles. The number of ether oxygens (including phenoxy) is 1. The van der Waals surface area contributed by atoms with E-state index in [2.05, 4.69) is 89.9 Å². The Balaban J connectivity index is 2.71. The third-order valence-electron chi connectivity index (χ3n) is 7.66. The number of amides is 1. The number of nitrogens with one attached hydrogen (secondary N) is 1. The molecule has 2 aromatic carbocycles. The number of rotatable bonds is 12. The average molecular weight is 501 g/mol. The van der Waals surface area contributed by atoms with Gasteiger partial charge in [-0.3, -0.25) is 4.79 Å². The summed E-state index contributed by atoms with van der Waals surface area (Å²) in [5, 5.41) is 3.40. The maximum Gasteiger partial charge on any atom is 0.221 e. The Bertz CT molecular complexity index is 1000. The van der Waals surface area contributed by atoms with Gasteiger partial charge in [-0.25, -0.2) is 0 Å². The van der Waals surface area contributed by atoms with Crippen LogP contribution in [0.5, 0.6) is 5.75 Å². The summed E-state index contributed by atoms with van der Waals surface area (Å²) in [6.07, 6.45) is 3.72. The number of anilines is 2. The molecule has 1 amide bonds. The van der Waals surface area contributed by atoms with Crippen molar-refractivity contribution >= 4 is 28.9 Å². The first-order chi connectivity index (χ1) is 16.4. The zero-order valence-electron chi connectivity index (χ0n) is 23.2. The van der Waals surface area contributed by atoms with E-state index in [4.69, 9.17) is 16.3 Å². The molecule has 4 nitrogen and oxygen atoms in total. The fourth-order valence-electron chi connectivity index (χ4n) is 4.66. The normalized spacial score (nSPS) is 13.8. The second-order valence-electron chi connectivity index (χ2n) is 10.7. The van der Waals surface area contributed by atoms with Gasteiger partial charge in [0, 0.05) is 31.0 Å². The molecule has 0 bridgehead atoms. The molecular weight excluding hydrogens is 456 g/mol. The van der Waals surface area contributed by atoms with Crippen molar-refractivity contribution in [2.24, 2.45) is 5.41 Å². The number of halogens is 1. The van der Waals surface area contributed by atoms with Crippen molar-refractivity contribution in [2.75, 3.05) is 16.8 Å². The lowest BCUT2D eigenvalue weighted by molar-refractivity contribution is -0.114. The monoisotopic (exact) mass is 500 g/mol. The molecule has 0 saturated heterocycles. The fourth-order valence-corrected chi connectivity index (χ4v) is 4.83. The highest BCUT2D eigenvalue weighted by molar-refractivity contribution is 6.33. The highest BCUT2D eigenvalue weighted by Gasteiger charge is 2.50. The number of carbonyl (C=O) groups is 1. The number of carbonyl (C=O) groups excluding carboxylic acids is 1. The van der Waals surface area contributed by atoms with Crippen LogP contribution < -0.4 is 15.0 Å². The van der Waals surface area contributed by atoms with Crippen LogP contribution in [0.3, 0.4) is 0 Å². The molecule has 0 radical (unpaired) electrons. The second-order valence-corrected chi connectivity index (χ2v) is 11.1. The zero-order chi connectivity index (χ0) is 26.4. The van der Waals surface area contributed by atoms with Crippen LogP contribution in [0.1, 0.15) is 93.6 Å². The summed E-state index contributed by atoms with van der Waals surface area (Å²) in [7, 11) is 0. The zero-order valence-corrected chi connectivity index (χ0v) is 24.0. The van der Waals surface area contributed by atoms with Gasteiger partial charge in [0.25, 0.3) is 0 Å². The first-order valence-corrected chi connectivity index (χ1v) is 13.4. The number of hydrogen-bond donors (Lipinski definition) is 1. The molecule has 1 unspecified atom stereocenters. The highest BCUT2D eigenvalue weighted by Crippen LogP contribution is 2.46. The maximum atomic E-state index is 11.8. The van der Waals surface area contributed by atoms with Crippen molar-refractivity contribution in [3.63, 3.8) is 0 Å². The summed E-state index contributed by atoms with van der Waals surface area (Å²) < 4.78 is 7.11. The van der Waals surface area contributed by atoms with E-state index in [1.807, 2.05) is 18.2 Å². The molecule has 0 aliphatic rings. The van der Waals surface area contributed by atoms with Gasteiger partial charge in [-0.05, 0) is 60.6 Å². The van der Waals surface area contributed by atoms with Gasteiger partial charge < -0.3 is 15.0 Å². The molecule has 0 fully saturated rings. The Morgan fingerprint density at radius 2 is 1.66 bits per heavy atom. The van der Waals surface area contributed by atoms with Crippen molar-refractivity contribution in [2.45, 2.75) is 99.1 Å². The van der Waals surface area contributed by atoms with Crippen LogP contribution in [0.2, 0.25) is 5.02 Å². The van der Waals surface area contributed by atoms with Crippen LogP contribution in [-0.4, -0.2) is 18.2 Å². The molecular formula is C30H45ClN2O2. The van der Waals surface area contributed by atoms with E-state index in [0.717, 1.165) is 43.7 Å². The third kappa shape index (κ3) is 6.33. The van der Waals surface area contributed by atoms with Gasteiger partial charge in [0.05, 0.1) is 10.7 Å². The lowest BCUT2D eigenvalue weighted by atomic mass is 9.75. The molecule has 2 aromatic rings. The van der Waals surface area contributed by atoms with Gasteiger partial charge >= 0.3 is 0 Å². The summed E-state index contributed by atoms with van der Waals surface area (Å²) in [5.74, 6) is 0.734. The van der Waals surface area contributed by atoms with Crippen molar-refractivity contribution < 1.29 is 9.53 Å². The van der Waals surface area contributed by atoms with Crippen LogP contribution in [0, 0.1) is 5.41 Å². The van der Waals surface area contributed by atoms with E-state index < -0.39 is 5.72 Å². The predicted molar refractivity (Wildman–Crippen MR) is 151 cm³/mol. The summed E-state index contributed by atoms with van der Waals surface area (Å²) in [5.41, 5.74) is 2.14. The van der Waals surface area contributed by atoms with Gasteiger partial charge in [0.15, 0.2) is 5.72 Å². The van der Waals surface area contributed by atoms with Crippen LogP contribution in [-0.2, 0) is 10.2 Å². The predicted octanol–water partition coefficient (Wildman–Crippen LogP) is 8.82. The Morgan fingerprint density at radius 3 is 2.20 bits per heavy atom. The summed E-state index contributed by atoms with van der Waals surface area (Å²) in [4.78, 5) is 14.2. The van der Waals surface area contributed by atoms with Crippen molar-refractivity contribution in [3.05, 3.63) is 53.1 Å². The highest BCUT2D eigenvalue weighted by atomic mass is 35.5. The molecule has 5 heteroatoms. The third-order valence-corrected chi connectivity index (χ3v) is 7.99. The lowest BCUT2D eigenvalue weighted by Gasteiger charge is -2.53. The van der Waals surface area contributed by atoms with Gasteiger partial charge in [-0.15, -0.1) is 0 Å². The van der Waals surface area contributed by atoms with Crippen molar-refractivity contribution in [3.8, 4) is 5.75 Å². The Labute approximate surface area is 218 Å². The van der Waals surface area contributed by atoms with E-state index in [-0.39, 0.29) is 16.7 Å². The molecule has 1 atom stereocenters. The smallest absolute Gasteiger partial charge is 0.221 e. The van der Waals surface area contributed by atoms with Crippen molar-refractivity contribution in [1.82, 2.24) is 0 Å². The molecule has 0 aromatic heterocycles. The van der Waals surface area contributed by atoms with E-state index >= 15 is 0 Å². The molecule has 194 valence electrons. The van der Waals surface area contributed by atoms with E-state index in [1.165, 1.54) is 12.5 Å². The second kappa shape index (κ2) is 11.7. The number of benzene rings is 2. The minimum absolute atomic E-state index is 0.0705. The molecule has 0 spiro atoms. The fraction of sp³-hybridized carbons (Fsp3) is 0.567. The Hall–Kier alpha value is -2.20. The number of nitrogens with zero attached hydrogens (tertiary/aromatic N) is 1. The first-order valence-electron chi connectivity index (χ1n) is 13.0. The van der Waals surface area contributed by atoms with Gasteiger partial charge in [-0.2, -0.15) is 0 Å². The largest absolute Gasteiger partial charge is 0.467 e. The molecule has 0 aliphatic carbocycles. The topological polar surface area (TPSA) is 41.6 Å². The van der Waals surface area contributed by atoms with Crippen molar-refractivity contribution in [1.29, 1.82) is 0 Å². The SMILES string of the molecule is CCCN(c1ccc(Cl)c(NC(C)=O)c1)C(CC)(Oc1cccc(C(C)(C)CC)c1)C(C)(C)CC. The Morgan fingerprint density at radius 1 is 0.971 bits per heavy atom. The molecule has 35 heavy (non-hydrogen) atoms. The summed E-state index contributed by atoms with van der Waals surface area (Å²) in [6, 6.07) is 14.4. The van der Waals surface area contributed by atoms with Crippen LogP contribution in [0.15, 0.2) is 42.5 Å². The molecule has 0 saturated carbocycles. The number of hydrogen-bond acceptors (Lipinski definition) is 3. The lowest BCUT2D eigenvalue weighted by Crippen LogP contribution is -2.62. The summed E-state index contributed by atoms with van der Waals surface area (Å²) >= 11 is 6.43. The maximum absolute atomic E-state index is 11.8. The van der Waals surface area contributed by atoms with E-state index in [0.29, 0.717) is 10.7 Å². The van der Waals surface area contributed by atoms with Gasteiger partial charge in [-0.1, -0.05) is 79.1 Å². The standard InChI is InChI=1S/C30H45ClN2O2/c1-10-19-33(24-17-18-26(31)27(21-24)32-22(5)34)30(13-4,29(8,9)12-3)35-25-16-14-15-23(20-25)28(6,7)11-2/h14-18,20-21H,10-13,19H2,1-9H3,(H,32,34). The van der Waals surface area contributed by atoms with Gasteiger partial charge in [0.1, 0.15) is 5.75 Å². The van der Waals surface area contributed by atoms with Crippen LogP contribution in [0.4, 0.5) is 11.4 Å². The quantitative estimate of drug-likeness (QED) is 0.296. The minimum atomic E-state index is -0.617. The first kappa shape index (κ1) is 29.0. The van der Waals surface area contributed by atoms with E-state index in [9.17, 15) is 4.79 Å². The molecule has 0 heterocycles. The average Bonchev–Trinajstić information content (AvgIpc) is 2.82. The Kier molecular flexibility index (Phi) is 9.70. The molecule has 2 rings (SSSR count). The van der Waals surface area contributed by atoms with Crippen LogP contribution in [0.25, 0.3) is 0 Å². The summed E-state index contributed by atoms with van der Waals surface area (Å²) in [6.45, 7) is 20.2. The minimum Gasteiger partial charge on any atom is -0.467 e.